The summed E-state index contributed by atoms with van der Waals surface area (Å²) in [6.07, 6.45) is -4.73. The molecule has 0 aliphatic carbocycles. The van der Waals surface area contributed by atoms with Crippen LogP contribution < -0.4 is 0 Å². The summed E-state index contributed by atoms with van der Waals surface area (Å²) in [5.41, 5.74) is -3.45. The molecule has 80 valence electrons. The largest absolute Gasteiger partial charge is 0.481 e. The summed E-state index contributed by atoms with van der Waals surface area (Å²) in [5.74, 6) is -6.30. The molecule has 4 N–H and O–H groups in total. The first-order chi connectivity index (χ1) is 6.21. The molecule has 0 rings (SSSR count). The molecule has 0 unspecified atom stereocenters. The van der Waals surface area contributed by atoms with Crippen LogP contribution in [0.3, 0.4) is 0 Å². The van der Waals surface area contributed by atoms with Crippen LogP contribution in [0.1, 0.15) is 6.42 Å². The summed E-state index contributed by atoms with van der Waals surface area (Å²) in [5, 5.41) is 33.5. The van der Waals surface area contributed by atoms with Crippen LogP contribution >= 0.6 is 0 Å². The lowest BCUT2D eigenvalue weighted by Crippen LogP contribution is -2.52. The summed E-state index contributed by atoms with van der Waals surface area (Å²) in [4.78, 5) is 30.4. The van der Waals surface area contributed by atoms with Crippen LogP contribution in [0.2, 0.25) is 0 Å². The molecule has 0 radical (unpaired) electrons. The van der Waals surface area contributed by atoms with Gasteiger partial charge in [-0.15, -0.1) is 0 Å². The first-order valence-electron chi connectivity index (χ1n) is 3.26. The predicted octanol–water partition coefficient (Wildman–Crippen LogP) is -1.30. The lowest BCUT2D eigenvalue weighted by molar-refractivity contribution is -0.180. The van der Waals surface area contributed by atoms with Gasteiger partial charge in [0.2, 0.25) is 11.8 Å². The number of hydrogen-bond donors (Lipinski definition) is 4. The Hall–Kier alpha value is -1.70. The van der Waals surface area contributed by atoms with Gasteiger partial charge in [0.05, 0.1) is 6.42 Å². The van der Waals surface area contributed by atoms with E-state index in [0.29, 0.717) is 0 Å². The minimum atomic E-state index is -3.45. The van der Waals surface area contributed by atoms with Crippen molar-refractivity contribution in [3.63, 3.8) is 0 Å². The third-order valence-electron chi connectivity index (χ3n) is 1.43. The van der Waals surface area contributed by atoms with E-state index in [2.05, 4.69) is 0 Å². The molecule has 7 nitrogen and oxygen atoms in total. The molecule has 0 heterocycles. The molecule has 14 heavy (non-hydrogen) atoms. The molecule has 0 aromatic rings. The smallest absolute Gasteiger partial charge is 0.342 e. The van der Waals surface area contributed by atoms with Gasteiger partial charge in [0.15, 0.2) is 0 Å². The quantitative estimate of drug-likeness (QED) is 0.443. The van der Waals surface area contributed by atoms with E-state index in [1.54, 1.807) is 0 Å². The van der Waals surface area contributed by atoms with E-state index in [4.69, 9.17) is 20.4 Å². The second-order valence-corrected chi connectivity index (χ2v) is 2.50. The van der Waals surface area contributed by atoms with Crippen molar-refractivity contribution in [1.82, 2.24) is 0 Å². The molecule has 0 saturated carbocycles. The number of carboxylic acid groups (broad SMARTS) is 3. The fourth-order valence-electron chi connectivity index (χ4n) is 0.708. The van der Waals surface area contributed by atoms with E-state index < -0.39 is 36.1 Å². The first-order valence-corrected chi connectivity index (χ1v) is 3.26. The van der Waals surface area contributed by atoms with Crippen LogP contribution in [0.25, 0.3) is 0 Å². The summed E-state index contributed by atoms with van der Waals surface area (Å²) in [6, 6.07) is 0. The van der Waals surface area contributed by atoms with E-state index in [0.717, 1.165) is 0 Å². The van der Waals surface area contributed by atoms with E-state index >= 15 is 0 Å². The number of aliphatic carboxylic acids is 3. The van der Waals surface area contributed by atoms with Crippen molar-refractivity contribution in [2.75, 3.05) is 0 Å². The number of alkyl halides is 1. The molecule has 0 aromatic heterocycles. The third kappa shape index (κ3) is 2.39. The van der Waals surface area contributed by atoms with E-state index in [9.17, 15) is 18.8 Å². The molecule has 0 aliphatic rings. The maximum absolute atomic E-state index is 12.7. The Labute approximate surface area is 76.4 Å². The third-order valence-corrected chi connectivity index (χ3v) is 1.43. The summed E-state index contributed by atoms with van der Waals surface area (Å²) in [6.45, 7) is 0. The van der Waals surface area contributed by atoms with Crippen molar-refractivity contribution in [2.24, 2.45) is 0 Å². The number of carbonyl (C=O) groups is 3. The Bertz CT molecular complexity index is 275. The maximum Gasteiger partial charge on any atom is 0.342 e. The molecule has 0 aliphatic heterocycles. The van der Waals surface area contributed by atoms with Gasteiger partial charge in [0.25, 0.3) is 0 Å². The van der Waals surface area contributed by atoms with Crippen molar-refractivity contribution < 1.29 is 39.2 Å². The fourth-order valence-corrected chi connectivity index (χ4v) is 0.708. The highest BCUT2D eigenvalue weighted by molar-refractivity contribution is 5.90. The Morgan fingerprint density at radius 2 is 1.64 bits per heavy atom. The highest BCUT2D eigenvalue weighted by Crippen LogP contribution is 2.19. The minimum absolute atomic E-state index is 1.53. The molecule has 8 heteroatoms. The van der Waals surface area contributed by atoms with Crippen molar-refractivity contribution in [1.29, 1.82) is 0 Å². The van der Waals surface area contributed by atoms with Crippen LogP contribution in [-0.2, 0) is 14.4 Å². The SMILES string of the molecule is O=C(O)C[C@](O)(C(=O)O)[C@@H](F)C(=O)O. The van der Waals surface area contributed by atoms with Crippen LogP contribution in [-0.4, -0.2) is 50.1 Å². The number of carboxylic acids is 3. The van der Waals surface area contributed by atoms with Gasteiger partial charge in [0, 0.05) is 0 Å². The number of rotatable bonds is 5. The lowest BCUT2D eigenvalue weighted by Gasteiger charge is -2.22. The van der Waals surface area contributed by atoms with Gasteiger partial charge in [-0.3, -0.25) is 4.79 Å². The Balaban J connectivity index is 4.99. The molecule has 2 atom stereocenters. The monoisotopic (exact) mass is 210 g/mol. The normalized spacial score (nSPS) is 16.7. The molecule has 0 aromatic carbocycles. The summed E-state index contributed by atoms with van der Waals surface area (Å²) in [7, 11) is 0. The van der Waals surface area contributed by atoms with Gasteiger partial charge in [-0.2, -0.15) is 0 Å². The van der Waals surface area contributed by atoms with E-state index in [1.807, 2.05) is 0 Å². The Morgan fingerprint density at radius 3 is 1.86 bits per heavy atom. The predicted molar refractivity (Wildman–Crippen MR) is 37.4 cm³/mol. The molecule has 0 amide bonds. The van der Waals surface area contributed by atoms with Crippen molar-refractivity contribution in [3.8, 4) is 0 Å². The van der Waals surface area contributed by atoms with E-state index in [1.165, 1.54) is 0 Å². The zero-order valence-corrected chi connectivity index (χ0v) is 6.68. The minimum Gasteiger partial charge on any atom is -0.481 e. The van der Waals surface area contributed by atoms with Gasteiger partial charge < -0.3 is 20.4 Å². The molecule has 0 saturated heterocycles. The van der Waals surface area contributed by atoms with Gasteiger partial charge in [0.1, 0.15) is 0 Å². The highest BCUT2D eigenvalue weighted by Gasteiger charge is 2.51. The average molecular weight is 210 g/mol. The van der Waals surface area contributed by atoms with Crippen LogP contribution in [0, 0.1) is 0 Å². The Kier molecular flexibility index (Phi) is 3.52. The summed E-state index contributed by atoms with van der Waals surface area (Å²) < 4.78 is 12.7. The van der Waals surface area contributed by atoms with Crippen molar-refractivity contribution >= 4 is 17.9 Å². The molecular weight excluding hydrogens is 203 g/mol. The molecular formula is C6H7FO7. The Morgan fingerprint density at radius 1 is 1.21 bits per heavy atom. The standard InChI is InChI=1S/C6H7FO7/c7-3(4(10)11)6(14,5(12)13)1-2(8)9/h3,14H,1H2,(H,8,9)(H,10,11)(H,12,13)/t3-,6+/m0/s1. The highest BCUT2D eigenvalue weighted by atomic mass is 19.1. The van der Waals surface area contributed by atoms with Crippen LogP contribution in [0.5, 0.6) is 0 Å². The second kappa shape index (κ2) is 4.01. The van der Waals surface area contributed by atoms with Crippen LogP contribution in [0.4, 0.5) is 4.39 Å². The summed E-state index contributed by atoms with van der Waals surface area (Å²) >= 11 is 0. The van der Waals surface area contributed by atoms with Gasteiger partial charge in [-0.05, 0) is 0 Å². The average Bonchev–Trinajstić information content (AvgIpc) is 2.00. The number of aliphatic hydroxyl groups is 1. The number of hydrogen-bond acceptors (Lipinski definition) is 4. The lowest BCUT2D eigenvalue weighted by atomic mass is 9.94. The molecule has 0 fully saturated rings. The zero-order valence-electron chi connectivity index (χ0n) is 6.68. The van der Waals surface area contributed by atoms with Crippen molar-refractivity contribution in [2.45, 2.75) is 18.2 Å². The number of halogens is 1. The van der Waals surface area contributed by atoms with E-state index in [-0.39, 0.29) is 0 Å². The van der Waals surface area contributed by atoms with Crippen molar-refractivity contribution in [3.05, 3.63) is 0 Å². The zero-order chi connectivity index (χ0) is 11.5. The fraction of sp³-hybridized carbons (Fsp3) is 0.500. The molecule has 0 spiro atoms. The maximum atomic E-state index is 12.7. The van der Waals surface area contributed by atoms with Crippen LogP contribution in [0.15, 0.2) is 0 Å². The second-order valence-electron chi connectivity index (χ2n) is 2.50. The molecule has 0 bridgehead atoms. The van der Waals surface area contributed by atoms with Gasteiger partial charge in [-0.1, -0.05) is 0 Å². The van der Waals surface area contributed by atoms with Gasteiger partial charge in [-0.25, -0.2) is 14.0 Å². The van der Waals surface area contributed by atoms with Gasteiger partial charge >= 0.3 is 17.9 Å². The topological polar surface area (TPSA) is 132 Å². The first kappa shape index (κ1) is 12.3.